The molecule has 2 aromatic rings. The zero-order valence-electron chi connectivity index (χ0n) is 19.0. The first-order valence-electron chi connectivity index (χ1n) is 10.6. The Morgan fingerprint density at radius 1 is 1.28 bits per heavy atom. The highest BCUT2D eigenvalue weighted by atomic mass is 16.5. The van der Waals surface area contributed by atoms with E-state index in [2.05, 4.69) is 31.0 Å². The van der Waals surface area contributed by atoms with Crippen LogP contribution in [0.5, 0.6) is 5.75 Å². The molecular formula is C24H36N2O3. The van der Waals surface area contributed by atoms with Crippen LogP contribution in [0.1, 0.15) is 57.4 Å². The van der Waals surface area contributed by atoms with E-state index in [9.17, 15) is 4.79 Å². The van der Waals surface area contributed by atoms with Crippen LogP contribution in [0.2, 0.25) is 0 Å². The van der Waals surface area contributed by atoms with E-state index in [1.54, 1.807) is 13.2 Å². The third-order valence-electron chi connectivity index (χ3n) is 5.66. The number of hydrogen-bond acceptors (Lipinski definition) is 4. The molecule has 0 spiro atoms. The van der Waals surface area contributed by atoms with Crippen molar-refractivity contribution in [3.63, 3.8) is 0 Å². The van der Waals surface area contributed by atoms with Gasteiger partial charge in [0.1, 0.15) is 17.1 Å². The Labute approximate surface area is 175 Å². The number of carbonyl (C=O) groups excluding carboxylic acids is 1. The molecule has 160 valence electrons. The Hall–Kier alpha value is -2.27. The second-order valence-electron chi connectivity index (χ2n) is 7.74. The minimum absolute atomic E-state index is 0.0694. The van der Waals surface area contributed by atoms with Crippen molar-refractivity contribution in [3.05, 3.63) is 35.1 Å². The number of aryl methyl sites for hydroxylation is 2. The van der Waals surface area contributed by atoms with E-state index < -0.39 is 0 Å². The summed E-state index contributed by atoms with van der Waals surface area (Å²) in [5, 5.41) is 4.14. The molecule has 1 aromatic carbocycles. The van der Waals surface area contributed by atoms with Crippen LogP contribution in [0.25, 0.3) is 16.5 Å². The average Bonchev–Trinajstić information content (AvgIpc) is 2.97. The van der Waals surface area contributed by atoms with E-state index in [4.69, 9.17) is 9.15 Å². The van der Waals surface area contributed by atoms with E-state index >= 15 is 0 Å². The van der Waals surface area contributed by atoms with Crippen LogP contribution < -0.4 is 10.1 Å². The number of fused-ring (bicyclic) bond motifs is 1. The second kappa shape index (κ2) is 10.5. The Bertz CT molecular complexity index is 863. The number of rotatable bonds is 10. The molecule has 0 saturated heterocycles. The lowest BCUT2D eigenvalue weighted by Gasteiger charge is -2.19. The topological polar surface area (TPSA) is 54.7 Å². The van der Waals surface area contributed by atoms with Gasteiger partial charge in [0.05, 0.1) is 7.11 Å². The normalized spacial score (nSPS) is 13.2. The van der Waals surface area contributed by atoms with Gasteiger partial charge in [-0.2, -0.15) is 0 Å². The molecule has 1 N–H and O–H groups in total. The van der Waals surface area contributed by atoms with Gasteiger partial charge >= 0.3 is 0 Å². The molecule has 0 saturated carbocycles. The third kappa shape index (κ3) is 5.86. The number of allylic oxidation sites excluding steroid dienone is 1. The fourth-order valence-electron chi connectivity index (χ4n) is 3.64. The molecule has 0 aliphatic rings. The smallest absolute Gasteiger partial charge is 0.244 e. The van der Waals surface area contributed by atoms with Gasteiger partial charge in [-0.05, 0) is 77.4 Å². The number of ether oxygens (including phenoxy) is 1. The molecule has 1 aromatic heterocycles. The van der Waals surface area contributed by atoms with E-state index in [0.717, 1.165) is 65.9 Å². The molecule has 5 nitrogen and oxygen atoms in total. The highest BCUT2D eigenvalue weighted by Gasteiger charge is 2.15. The van der Waals surface area contributed by atoms with Crippen molar-refractivity contribution in [3.8, 4) is 5.75 Å². The molecule has 5 heteroatoms. The molecule has 0 aliphatic carbocycles. The lowest BCUT2D eigenvalue weighted by molar-refractivity contribution is -0.117. The predicted molar refractivity (Wildman–Crippen MR) is 121 cm³/mol. The molecule has 0 fully saturated rings. The number of carbonyl (C=O) groups is 1. The fourth-order valence-corrected chi connectivity index (χ4v) is 3.64. The fraction of sp³-hybridized carbons (Fsp3) is 0.542. The first kappa shape index (κ1) is 23.0. The second-order valence-corrected chi connectivity index (χ2v) is 7.74. The van der Waals surface area contributed by atoms with Gasteiger partial charge in [0, 0.05) is 29.1 Å². The van der Waals surface area contributed by atoms with E-state index in [1.807, 2.05) is 32.9 Å². The van der Waals surface area contributed by atoms with Crippen LogP contribution in [-0.4, -0.2) is 43.6 Å². The minimum Gasteiger partial charge on any atom is -0.496 e. The van der Waals surface area contributed by atoms with Crippen molar-refractivity contribution < 1.29 is 13.9 Å². The molecule has 0 radical (unpaired) electrons. The summed E-state index contributed by atoms with van der Waals surface area (Å²) in [4.78, 5) is 14.9. The zero-order chi connectivity index (χ0) is 21.6. The molecular weight excluding hydrogens is 364 g/mol. The maximum atomic E-state index is 12.5. The van der Waals surface area contributed by atoms with Crippen LogP contribution in [0.3, 0.4) is 0 Å². The standard InChI is InChI=1S/C24H36N2O3/c1-8-26(9-2)12-10-11-17(4)25-24(27)13-16(3)20-14-21-18(5)19(6)29-23(21)15-22(20)28-7/h13-15,17H,8-12H2,1-7H3,(H,25,27)/b16-13+. The van der Waals surface area contributed by atoms with Crippen molar-refractivity contribution in [1.82, 2.24) is 10.2 Å². The number of nitrogens with one attached hydrogen (secondary N) is 1. The Morgan fingerprint density at radius 2 is 1.97 bits per heavy atom. The van der Waals surface area contributed by atoms with Gasteiger partial charge in [0.15, 0.2) is 0 Å². The lowest BCUT2D eigenvalue weighted by atomic mass is 10.0. The molecule has 1 amide bonds. The number of methoxy groups -OCH3 is 1. The highest BCUT2D eigenvalue weighted by Crippen LogP contribution is 2.34. The first-order chi connectivity index (χ1) is 13.8. The Kier molecular flexibility index (Phi) is 8.32. The van der Waals surface area contributed by atoms with Gasteiger partial charge < -0.3 is 19.4 Å². The van der Waals surface area contributed by atoms with Crippen LogP contribution >= 0.6 is 0 Å². The van der Waals surface area contributed by atoms with Crippen molar-refractivity contribution in [2.75, 3.05) is 26.7 Å². The predicted octanol–water partition coefficient (Wildman–Crippen LogP) is 5.09. The highest BCUT2D eigenvalue weighted by molar-refractivity contribution is 5.97. The Morgan fingerprint density at radius 3 is 2.59 bits per heavy atom. The molecule has 0 bridgehead atoms. The van der Waals surface area contributed by atoms with Crippen molar-refractivity contribution >= 4 is 22.4 Å². The molecule has 1 atom stereocenters. The number of amides is 1. The van der Waals surface area contributed by atoms with Crippen LogP contribution in [0.15, 0.2) is 22.6 Å². The summed E-state index contributed by atoms with van der Waals surface area (Å²) in [6.07, 6.45) is 3.71. The maximum absolute atomic E-state index is 12.5. The van der Waals surface area contributed by atoms with Crippen LogP contribution in [0.4, 0.5) is 0 Å². The summed E-state index contributed by atoms with van der Waals surface area (Å²) in [5.41, 5.74) is 3.70. The summed E-state index contributed by atoms with van der Waals surface area (Å²) in [6, 6.07) is 4.09. The van der Waals surface area contributed by atoms with Gasteiger partial charge in [-0.25, -0.2) is 0 Å². The summed E-state index contributed by atoms with van der Waals surface area (Å²) in [6.45, 7) is 15.6. The van der Waals surface area contributed by atoms with E-state index in [0.29, 0.717) is 5.75 Å². The van der Waals surface area contributed by atoms with Crippen molar-refractivity contribution in [1.29, 1.82) is 0 Å². The number of nitrogens with zero attached hydrogens (tertiary/aromatic N) is 1. The van der Waals surface area contributed by atoms with E-state index in [-0.39, 0.29) is 11.9 Å². The molecule has 1 heterocycles. The number of furan rings is 1. The minimum atomic E-state index is -0.0694. The number of benzene rings is 1. The zero-order valence-corrected chi connectivity index (χ0v) is 19.0. The van der Waals surface area contributed by atoms with Crippen LogP contribution in [-0.2, 0) is 4.79 Å². The Balaban J connectivity index is 2.07. The SMILES string of the molecule is CCN(CC)CCCC(C)NC(=O)/C=C(\C)c1cc2c(C)c(C)oc2cc1OC. The summed E-state index contributed by atoms with van der Waals surface area (Å²) in [7, 11) is 1.64. The van der Waals surface area contributed by atoms with Crippen molar-refractivity contribution in [2.24, 2.45) is 0 Å². The summed E-state index contributed by atoms with van der Waals surface area (Å²) >= 11 is 0. The largest absolute Gasteiger partial charge is 0.496 e. The van der Waals surface area contributed by atoms with Gasteiger partial charge in [-0.1, -0.05) is 13.8 Å². The van der Waals surface area contributed by atoms with Gasteiger partial charge in [-0.3, -0.25) is 4.79 Å². The third-order valence-corrected chi connectivity index (χ3v) is 5.66. The monoisotopic (exact) mass is 400 g/mol. The van der Waals surface area contributed by atoms with Gasteiger partial charge in [0.25, 0.3) is 0 Å². The molecule has 29 heavy (non-hydrogen) atoms. The first-order valence-corrected chi connectivity index (χ1v) is 10.6. The molecule has 0 aliphatic heterocycles. The van der Waals surface area contributed by atoms with Gasteiger partial charge in [-0.15, -0.1) is 0 Å². The molecule has 1 unspecified atom stereocenters. The summed E-state index contributed by atoms with van der Waals surface area (Å²) in [5.74, 6) is 1.54. The average molecular weight is 401 g/mol. The molecule has 2 rings (SSSR count). The van der Waals surface area contributed by atoms with Gasteiger partial charge in [0.2, 0.25) is 5.91 Å². The number of hydrogen-bond donors (Lipinski definition) is 1. The van der Waals surface area contributed by atoms with Crippen LogP contribution in [0, 0.1) is 13.8 Å². The maximum Gasteiger partial charge on any atom is 0.244 e. The van der Waals surface area contributed by atoms with Crippen molar-refractivity contribution in [2.45, 2.75) is 60.4 Å². The van der Waals surface area contributed by atoms with E-state index in [1.165, 1.54) is 0 Å². The lowest BCUT2D eigenvalue weighted by Crippen LogP contribution is -2.32. The summed E-state index contributed by atoms with van der Waals surface area (Å²) < 4.78 is 11.3. The quantitative estimate of drug-likeness (QED) is 0.565.